The predicted octanol–water partition coefficient (Wildman–Crippen LogP) is 3.66. The molecule has 0 spiro atoms. The molecule has 0 unspecified atom stereocenters. The number of carbonyl (C=O) groups excluding carboxylic acids is 1. The quantitative estimate of drug-likeness (QED) is 0.146. The second kappa shape index (κ2) is 14.5. The maximum atomic E-state index is 13.1. The molecule has 6 fully saturated rings. The van der Waals surface area contributed by atoms with Gasteiger partial charge in [0, 0.05) is 6.92 Å². The van der Waals surface area contributed by atoms with Gasteiger partial charge in [-0.05, 0) is 109 Å². The summed E-state index contributed by atoms with van der Waals surface area (Å²) >= 11 is 0. The minimum atomic E-state index is -1.54. The van der Waals surface area contributed by atoms with Gasteiger partial charge < -0.3 is 54.9 Å². The summed E-state index contributed by atoms with van der Waals surface area (Å²) in [7, 11) is 0. The third-order valence-corrected chi connectivity index (χ3v) is 17.3. The fraction of sp³-hybridized carbons (Fsp3) is 0.907. The van der Waals surface area contributed by atoms with Crippen molar-refractivity contribution < 1.29 is 59.2 Å². The molecule has 0 aromatic heterocycles. The van der Waals surface area contributed by atoms with Crippen LogP contribution in [0.3, 0.4) is 0 Å². The Morgan fingerprint density at radius 1 is 0.839 bits per heavy atom. The normalized spacial score (nSPS) is 50.9. The molecule has 2 heterocycles. The third-order valence-electron chi connectivity index (χ3n) is 17.3. The number of carboxylic acids is 1. The van der Waals surface area contributed by atoms with Gasteiger partial charge in [-0.2, -0.15) is 0 Å². The van der Waals surface area contributed by atoms with Crippen LogP contribution in [0.4, 0.5) is 0 Å². The van der Waals surface area contributed by atoms with Crippen molar-refractivity contribution in [2.75, 3.05) is 13.2 Å². The van der Waals surface area contributed by atoms with E-state index in [1.54, 1.807) is 0 Å². The molecule has 0 radical (unpaired) electrons. The van der Waals surface area contributed by atoms with E-state index in [-0.39, 0.29) is 58.2 Å². The maximum absolute atomic E-state index is 13.1. The molecule has 2 aliphatic heterocycles. The van der Waals surface area contributed by atoms with E-state index >= 15 is 0 Å². The van der Waals surface area contributed by atoms with Gasteiger partial charge in [0.2, 0.25) is 5.91 Å². The summed E-state index contributed by atoms with van der Waals surface area (Å²) in [5.41, 5.74) is 0.380. The summed E-state index contributed by atoms with van der Waals surface area (Å²) in [5, 5.41) is 66.2. The molecule has 7 rings (SSSR count). The minimum Gasteiger partial charge on any atom is -0.481 e. The van der Waals surface area contributed by atoms with Crippen LogP contribution in [0.1, 0.15) is 120 Å². The van der Waals surface area contributed by atoms with Crippen LogP contribution in [-0.4, -0.2) is 117 Å². The molecule has 56 heavy (non-hydrogen) atoms. The highest BCUT2D eigenvalue weighted by molar-refractivity contribution is 5.76. The lowest BCUT2D eigenvalue weighted by Crippen LogP contribution is -2.67. The highest BCUT2D eigenvalue weighted by Crippen LogP contribution is 2.76. The van der Waals surface area contributed by atoms with Crippen LogP contribution in [0.25, 0.3) is 0 Å². The summed E-state index contributed by atoms with van der Waals surface area (Å²) in [6, 6.07) is -1.07. The van der Waals surface area contributed by atoms with Crippen molar-refractivity contribution in [3.05, 3.63) is 11.6 Å². The van der Waals surface area contributed by atoms with Crippen molar-refractivity contribution in [1.29, 1.82) is 0 Å². The standard InChI is InChI=1S/C43H69NO12/c1-22(45)44-30-33(49)32(48)26(21-54-36-34(50)31(47)25(46)20-53-36)55-35(30)56-29-12-13-40(6)27(39(29,4)5)11-14-42(8)28(40)10-9-23-24-19-38(2,3)15-17-43(24,37(51)52)18-16-41(23,42)7/h9,24-36,46-50H,10-21H2,1-8H3,(H,44,45)(H,51,52)/t24-,25+,26+,27-,28+,29-,30+,31-,32+,33+,34+,35-,36-,40-,41+,42+,43-/m0/s1. The Balaban J connectivity index is 1.11. The first-order valence-corrected chi connectivity index (χ1v) is 21.2. The largest absolute Gasteiger partial charge is 0.481 e. The Morgan fingerprint density at radius 3 is 2.21 bits per heavy atom. The molecule has 0 aromatic carbocycles. The van der Waals surface area contributed by atoms with E-state index in [4.69, 9.17) is 18.9 Å². The summed E-state index contributed by atoms with van der Waals surface area (Å²) in [6.07, 6.45) is 0.178. The van der Waals surface area contributed by atoms with Crippen molar-refractivity contribution in [2.24, 2.45) is 50.2 Å². The van der Waals surface area contributed by atoms with Gasteiger partial charge in [0.25, 0.3) is 0 Å². The number of aliphatic carboxylic acids is 1. The van der Waals surface area contributed by atoms with Crippen molar-refractivity contribution in [2.45, 2.75) is 181 Å². The summed E-state index contributed by atoms with van der Waals surface area (Å²) in [6.45, 7) is 17.3. The molecule has 318 valence electrons. The molecule has 7 aliphatic rings. The van der Waals surface area contributed by atoms with E-state index in [9.17, 15) is 40.2 Å². The molecule has 7 N–H and O–H groups in total. The first kappa shape index (κ1) is 42.4. The maximum Gasteiger partial charge on any atom is 0.310 e. The number of carbonyl (C=O) groups is 2. The summed E-state index contributed by atoms with van der Waals surface area (Å²) in [5.74, 6) is -0.304. The Morgan fingerprint density at radius 2 is 1.54 bits per heavy atom. The monoisotopic (exact) mass is 791 g/mol. The number of amides is 1. The van der Waals surface area contributed by atoms with Crippen molar-refractivity contribution in [3.8, 4) is 0 Å². The van der Waals surface area contributed by atoms with Gasteiger partial charge in [-0.25, -0.2) is 0 Å². The van der Waals surface area contributed by atoms with Crippen molar-refractivity contribution in [1.82, 2.24) is 5.32 Å². The van der Waals surface area contributed by atoms with Crippen LogP contribution in [0.15, 0.2) is 11.6 Å². The van der Waals surface area contributed by atoms with Gasteiger partial charge >= 0.3 is 5.97 Å². The van der Waals surface area contributed by atoms with E-state index in [0.29, 0.717) is 12.3 Å². The number of allylic oxidation sites excluding steroid dienone is 2. The second-order valence-electron chi connectivity index (χ2n) is 21.0. The lowest BCUT2D eigenvalue weighted by molar-refractivity contribution is -0.322. The number of carboxylic acid groups (broad SMARTS) is 1. The van der Waals surface area contributed by atoms with E-state index in [1.165, 1.54) is 12.5 Å². The number of aliphatic hydroxyl groups is 5. The smallest absolute Gasteiger partial charge is 0.310 e. The average molecular weight is 792 g/mol. The molecule has 0 aromatic rings. The number of hydrogen-bond acceptors (Lipinski definition) is 11. The van der Waals surface area contributed by atoms with E-state index in [2.05, 4.69) is 59.9 Å². The van der Waals surface area contributed by atoms with E-state index < -0.39 is 72.5 Å². The molecule has 13 nitrogen and oxygen atoms in total. The van der Waals surface area contributed by atoms with E-state index in [1.807, 2.05) is 0 Å². The Kier molecular flexibility index (Phi) is 11.0. The van der Waals surface area contributed by atoms with Crippen LogP contribution in [0, 0.1) is 50.2 Å². The van der Waals surface area contributed by atoms with Gasteiger partial charge in [0.05, 0.1) is 24.7 Å². The fourth-order valence-electron chi connectivity index (χ4n) is 13.7. The molecular formula is C43H69NO12. The lowest BCUT2D eigenvalue weighted by Gasteiger charge is -2.71. The van der Waals surface area contributed by atoms with Crippen LogP contribution in [0.5, 0.6) is 0 Å². The van der Waals surface area contributed by atoms with Crippen LogP contribution in [-0.2, 0) is 28.5 Å². The second-order valence-corrected chi connectivity index (χ2v) is 21.0. The lowest BCUT2D eigenvalue weighted by atomic mass is 9.33. The third kappa shape index (κ3) is 6.53. The number of rotatable bonds is 7. The highest BCUT2D eigenvalue weighted by atomic mass is 16.7. The number of aliphatic hydroxyl groups excluding tert-OH is 5. The Bertz CT molecular complexity index is 1550. The minimum absolute atomic E-state index is 0.00142. The number of ether oxygens (including phenoxy) is 4. The number of fused-ring (bicyclic) bond motifs is 7. The fourth-order valence-corrected chi connectivity index (χ4v) is 13.7. The number of hydrogen-bond donors (Lipinski definition) is 7. The Labute approximate surface area is 331 Å². The van der Waals surface area contributed by atoms with E-state index in [0.717, 1.165) is 57.8 Å². The molecule has 17 atom stereocenters. The first-order valence-electron chi connectivity index (χ1n) is 21.2. The van der Waals surface area contributed by atoms with Crippen LogP contribution in [0.2, 0.25) is 0 Å². The predicted molar refractivity (Wildman–Crippen MR) is 204 cm³/mol. The molecule has 13 heteroatoms. The SMILES string of the molecule is CC(=O)N[C@H]1[C@H](O[C@H]2CC[C@]3(C)[C@H]4CC=C5[C@@H]6CC(C)(C)CC[C@]6(C(=O)O)CC[C@@]5(C)[C@]4(C)CC[C@H]3C2(C)C)O[C@H](CO[C@@H]2OC[C@@H](O)[C@H](O)[C@H]2O)[C@@H](O)[C@@H]1O. The van der Waals surface area contributed by atoms with Crippen molar-refractivity contribution >= 4 is 11.9 Å². The first-order chi connectivity index (χ1) is 26.0. The summed E-state index contributed by atoms with van der Waals surface area (Å²) < 4.78 is 24.2. The Hall–Kier alpha value is -1.68. The topological polar surface area (TPSA) is 204 Å². The van der Waals surface area contributed by atoms with Crippen LogP contribution < -0.4 is 5.32 Å². The van der Waals surface area contributed by atoms with Gasteiger partial charge in [-0.1, -0.05) is 60.1 Å². The molecule has 2 saturated heterocycles. The molecule has 1 amide bonds. The van der Waals surface area contributed by atoms with Crippen LogP contribution >= 0.6 is 0 Å². The van der Waals surface area contributed by atoms with Gasteiger partial charge in [0.15, 0.2) is 12.6 Å². The zero-order chi connectivity index (χ0) is 41.0. The van der Waals surface area contributed by atoms with Gasteiger partial charge in [-0.15, -0.1) is 0 Å². The molecule has 5 aliphatic carbocycles. The highest BCUT2D eigenvalue weighted by Gasteiger charge is 2.69. The molecule has 4 saturated carbocycles. The van der Waals surface area contributed by atoms with Gasteiger partial charge in [-0.3, -0.25) is 9.59 Å². The average Bonchev–Trinajstić information content (AvgIpc) is 3.11. The zero-order valence-corrected chi connectivity index (χ0v) is 34.7. The summed E-state index contributed by atoms with van der Waals surface area (Å²) in [4.78, 5) is 25.4. The zero-order valence-electron chi connectivity index (χ0n) is 34.7. The molecule has 0 bridgehead atoms. The number of nitrogens with one attached hydrogen (secondary N) is 1. The van der Waals surface area contributed by atoms with Gasteiger partial charge in [0.1, 0.15) is 42.7 Å². The van der Waals surface area contributed by atoms with Crippen molar-refractivity contribution in [3.63, 3.8) is 0 Å². The molecular weight excluding hydrogens is 722 g/mol.